The number of amides is 1. The highest BCUT2D eigenvalue weighted by Gasteiger charge is 2.26. The summed E-state index contributed by atoms with van der Waals surface area (Å²) in [6.07, 6.45) is 0. The third kappa shape index (κ3) is 3.34. The Labute approximate surface area is 100 Å². The van der Waals surface area contributed by atoms with Gasteiger partial charge in [0, 0.05) is 0 Å². The van der Waals surface area contributed by atoms with E-state index in [1.54, 1.807) is 19.1 Å². The minimum absolute atomic E-state index is 0.0533. The van der Waals surface area contributed by atoms with Gasteiger partial charge in [0.05, 0.1) is 7.11 Å². The minimum Gasteiger partial charge on any atom is -0.467 e. The molecule has 94 valence electrons. The van der Waals surface area contributed by atoms with Crippen molar-refractivity contribution >= 4 is 11.9 Å². The van der Waals surface area contributed by atoms with Crippen molar-refractivity contribution in [2.45, 2.75) is 26.8 Å². The number of rotatable bonds is 4. The molecule has 0 saturated heterocycles. The van der Waals surface area contributed by atoms with Crippen LogP contribution in [0.25, 0.3) is 0 Å². The highest BCUT2D eigenvalue weighted by molar-refractivity contribution is 5.94. The van der Waals surface area contributed by atoms with Crippen LogP contribution in [0.1, 0.15) is 30.2 Å². The second-order valence-corrected chi connectivity index (χ2v) is 4.13. The maximum absolute atomic E-state index is 11.8. The summed E-state index contributed by atoms with van der Waals surface area (Å²) in [5, 5.41) is 2.59. The van der Waals surface area contributed by atoms with Gasteiger partial charge in [0.2, 0.25) is 0 Å². The van der Waals surface area contributed by atoms with Crippen LogP contribution in [-0.4, -0.2) is 25.0 Å². The molecule has 5 nitrogen and oxygen atoms in total. The molecule has 1 N–H and O–H groups in total. The van der Waals surface area contributed by atoms with Crippen LogP contribution >= 0.6 is 0 Å². The van der Waals surface area contributed by atoms with Gasteiger partial charge in [-0.1, -0.05) is 13.8 Å². The van der Waals surface area contributed by atoms with E-state index in [1.807, 2.05) is 13.8 Å². The number of aryl methyl sites for hydroxylation is 1. The molecule has 5 heteroatoms. The van der Waals surface area contributed by atoms with Crippen LogP contribution in [0.2, 0.25) is 0 Å². The maximum Gasteiger partial charge on any atom is 0.328 e. The number of hydrogen-bond donors (Lipinski definition) is 1. The normalized spacial score (nSPS) is 12.3. The lowest BCUT2D eigenvalue weighted by Crippen LogP contribution is -2.44. The molecule has 0 bridgehead atoms. The lowest BCUT2D eigenvalue weighted by atomic mass is 10.0. The van der Waals surface area contributed by atoms with Gasteiger partial charge in [-0.2, -0.15) is 0 Å². The molecule has 1 aromatic rings. The first kappa shape index (κ1) is 13.3. The van der Waals surface area contributed by atoms with Crippen LogP contribution < -0.4 is 5.32 Å². The molecular formula is C12H17NO4. The molecule has 0 aromatic carbocycles. The topological polar surface area (TPSA) is 68.5 Å². The molecule has 0 spiro atoms. The predicted molar refractivity (Wildman–Crippen MR) is 61.6 cm³/mol. The zero-order chi connectivity index (χ0) is 13.0. The minimum atomic E-state index is -0.669. The predicted octanol–water partition coefficient (Wildman–Crippen LogP) is 1.52. The van der Waals surface area contributed by atoms with E-state index in [0.717, 1.165) is 0 Å². The first-order chi connectivity index (χ1) is 7.95. The maximum atomic E-state index is 11.8. The van der Waals surface area contributed by atoms with Crippen LogP contribution in [0, 0.1) is 12.8 Å². The summed E-state index contributed by atoms with van der Waals surface area (Å²) in [6.45, 7) is 5.40. The highest BCUT2D eigenvalue weighted by atomic mass is 16.5. The summed E-state index contributed by atoms with van der Waals surface area (Å²) in [7, 11) is 1.29. The molecule has 1 unspecified atom stereocenters. The van der Waals surface area contributed by atoms with Crippen molar-refractivity contribution in [3.63, 3.8) is 0 Å². The summed E-state index contributed by atoms with van der Waals surface area (Å²) >= 11 is 0. The molecule has 1 atom stereocenters. The Morgan fingerprint density at radius 1 is 1.35 bits per heavy atom. The van der Waals surface area contributed by atoms with Gasteiger partial charge in [0.25, 0.3) is 5.91 Å². The van der Waals surface area contributed by atoms with E-state index in [0.29, 0.717) is 5.76 Å². The zero-order valence-electron chi connectivity index (χ0n) is 10.4. The molecule has 1 heterocycles. The fourth-order valence-electron chi connectivity index (χ4n) is 1.39. The number of ether oxygens (including phenoxy) is 1. The van der Waals surface area contributed by atoms with Gasteiger partial charge in [-0.25, -0.2) is 4.79 Å². The molecule has 0 radical (unpaired) electrons. The summed E-state index contributed by atoms with van der Waals surface area (Å²) in [5.41, 5.74) is 0. The highest BCUT2D eigenvalue weighted by Crippen LogP contribution is 2.09. The van der Waals surface area contributed by atoms with Gasteiger partial charge in [0.1, 0.15) is 11.8 Å². The van der Waals surface area contributed by atoms with Crippen molar-refractivity contribution in [1.82, 2.24) is 5.32 Å². The molecular weight excluding hydrogens is 222 g/mol. The lowest BCUT2D eigenvalue weighted by Gasteiger charge is -2.18. The molecule has 1 amide bonds. The molecule has 0 aliphatic rings. The third-order valence-corrected chi connectivity index (χ3v) is 2.37. The Bertz CT molecular complexity index is 408. The van der Waals surface area contributed by atoms with Gasteiger partial charge in [-0.3, -0.25) is 4.79 Å². The van der Waals surface area contributed by atoms with Crippen molar-refractivity contribution in [2.75, 3.05) is 7.11 Å². The number of furan rings is 1. The monoisotopic (exact) mass is 239 g/mol. The van der Waals surface area contributed by atoms with Crippen LogP contribution in [0.5, 0.6) is 0 Å². The number of esters is 1. The van der Waals surface area contributed by atoms with Gasteiger partial charge in [0.15, 0.2) is 5.76 Å². The number of carbonyl (C=O) groups excluding carboxylic acids is 2. The smallest absolute Gasteiger partial charge is 0.328 e. The van der Waals surface area contributed by atoms with Crippen molar-refractivity contribution < 1.29 is 18.7 Å². The average molecular weight is 239 g/mol. The first-order valence-corrected chi connectivity index (χ1v) is 5.40. The fourth-order valence-corrected chi connectivity index (χ4v) is 1.39. The van der Waals surface area contributed by atoms with Crippen LogP contribution in [0.4, 0.5) is 0 Å². The van der Waals surface area contributed by atoms with E-state index >= 15 is 0 Å². The zero-order valence-corrected chi connectivity index (χ0v) is 10.4. The Hall–Kier alpha value is -1.78. The average Bonchev–Trinajstić information content (AvgIpc) is 2.71. The molecule has 0 aliphatic carbocycles. The van der Waals surface area contributed by atoms with Gasteiger partial charge in [-0.15, -0.1) is 0 Å². The molecule has 1 aromatic heterocycles. The largest absolute Gasteiger partial charge is 0.467 e. The standard InChI is InChI=1S/C12H17NO4/c1-7(2)10(12(15)16-4)13-11(14)9-6-5-8(3)17-9/h5-7,10H,1-4H3,(H,13,14). The fraction of sp³-hybridized carbons (Fsp3) is 0.500. The van der Waals surface area contributed by atoms with E-state index in [-0.39, 0.29) is 11.7 Å². The summed E-state index contributed by atoms with van der Waals surface area (Å²) in [6, 6.07) is 2.59. The van der Waals surface area contributed by atoms with Crippen molar-refractivity contribution in [2.24, 2.45) is 5.92 Å². The van der Waals surface area contributed by atoms with Crippen LogP contribution in [0.15, 0.2) is 16.5 Å². The number of hydrogen-bond acceptors (Lipinski definition) is 4. The van der Waals surface area contributed by atoms with E-state index in [1.165, 1.54) is 7.11 Å². The Kier molecular flexibility index (Phi) is 4.31. The molecule has 17 heavy (non-hydrogen) atoms. The third-order valence-electron chi connectivity index (χ3n) is 2.37. The number of nitrogens with one attached hydrogen (secondary N) is 1. The van der Waals surface area contributed by atoms with E-state index in [2.05, 4.69) is 10.1 Å². The summed E-state index contributed by atoms with van der Waals surface area (Å²) in [4.78, 5) is 23.2. The van der Waals surface area contributed by atoms with Crippen molar-refractivity contribution in [3.05, 3.63) is 23.7 Å². The Balaban J connectivity index is 2.74. The summed E-state index contributed by atoms with van der Waals surface area (Å²) in [5.74, 6) is -0.0901. The lowest BCUT2D eigenvalue weighted by molar-refractivity contribution is -0.144. The SMILES string of the molecule is COC(=O)C(NC(=O)c1ccc(C)o1)C(C)C. The molecule has 0 saturated carbocycles. The molecule has 0 fully saturated rings. The van der Waals surface area contributed by atoms with E-state index in [9.17, 15) is 9.59 Å². The second-order valence-electron chi connectivity index (χ2n) is 4.13. The van der Waals surface area contributed by atoms with Crippen LogP contribution in [0.3, 0.4) is 0 Å². The Morgan fingerprint density at radius 3 is 2.41 bits per heavy atom. The van der Waals surface area contributed by atoms with Gasteiger partial charge in [-0.05, 0) is 25.0 Å². The number of carbonyl (C=O) groups is 2. The first-order valence-electron chi connectivity index (χ1n) is 5.40. The van der Waals surface area contributed by atoms with Crippen LogP contribution in [-0.2, 0) is 9.53 Å². The number of methoxy groups -OCH3 is 1. The van der Waals surface area contributed by atoms with Crippen molar-refractivity contribution in [1.29, 1.82) is 0 Å². The quantitative estimate of drug-likeness (QED) is 0.809. The van der Waals surface area contributed by atoms with Crippen molar-refractivity contribution in [3.8, 4) is 0 Å². The van der Waals surface area contributed by atoms with Gasteiger partial charge < -0.3 is 14.5 Å². The molecule has 1 rings (SSSR count). The molecule has 0 aliphatic heterocycles. The Morgan fingerprint density at radius 2 is 2.00 bits per heavy atom. The van der Waals surface area contributed by atoms with Gasteiger partial charge >= 0.3 is 5.97 Å². The van der Waals surface area contributed by atoms with E-state index in [4.69, 9.17) is 4.42 Å². The van der Waals surface area contributed by atoms with E-state index < -0.39 is 17.9 Å². The summed E-state index contributed by atoms with van der Waals surface area (Å²) < 4.78 is 9.81. The second kappa shape index (κ2) is 5.52.